The predicted octanol–water partition coefficient (Wildman–Crippen LogP) is 3.15. The van der Waals surface area contributed by atoms with Gasteiger partial charge >= 0.3 is 6.03 Å². The van der Waals surface area contributed by atoms with Gasteiger partial charge in [0.2, 0.25) is 0 Å². The highest BCUT2D eigenvalue weighted by molar-refractivity contribution is 5.89. The lowest BCUT2D eigenvalue weighted by Crippen LogP contribution is -2.37. The number of anilines is 3. The summed E-state index contributed by atoms with van der Waals surface area (Å²) in [5, 5.41) is 8.97. The maximum atomic E-state index is 12.1. The molecule has 1 aliphatic rings. The van der Waals surface area contributed by atoms with Gasteiger partial charge < -0.3 is 25.6 Å². The molecule has 0 atom stereocenters. The van der Waals surface area contributed by atoms with Crippen LogP contribution in [0.5, 0.6) is 0 Å². The van der Waals surface area contributed by atoms with Crippen LogP contribution in [0.3, 0.4) is 0 Å². The van der Waals surface area contributed by atoms with Crippen LogP contribution in [0.2, 0.25) is 0 Å². The number of morpholine rings is 1. The van der Waals surface area contributed by atoms with Crippen molar-refractivity contribution < 1.29 is 9.53 Å². The van der Waals surface area contributed by atoms with E-state index in [2.05, 4.69) is 51.6 Å². The van der Waals surface area contributed by atoms with E-state index in [0.717, 1.165) is 30.4 Å². The fourth-order valence-electron chi connectivity index (χ4n) is 3.19. The quantitative estimate of drug-likeness (QED) is 0.632. The van der Waals surface area contributed by atoms with Crippen molar-refractivity contribution in [2.75, 3.05) is 54.9 Å². The highest BCUT2D eigenvalue weighted by Gasteiger charge is 2.14. The lowest BCUT2D eigenvalue weighted by molar-refractivity contribution is 0.122. The molecule has 3 N–H and O–H groups in total. The summed E-state index contributed by atoms with van der Waals surface area (Å²) >= 11 is 0. The topological polar surface area (TPSA) is 91.4 Å². The Morgan fingerprint density at radius 3 is 2.47 bits per heavy atom. The second-order valence-corrected chi connectivity index (χ2v) is 8.39. The molecular formula is C22H32N6O2. The van der Waals surface area contributed by atoms with Gasteiger partial charge in [0.25, 0.3) is 0 Å². The number of hydrogen-bond acceptors (Lipinski definition) is 6. The summed E-state index contributed by atoms with van der Waals surface area (Å²) in [4.78, 5) is 23.3. The van der Waals surface area contributed by atoms with Crippen molar-refractivity contribution in [3.8, 4) is 0 Å². The van der Waals surface area contributed by atoms with Crippen molar-refractivity contribution in [3.05, 3.63) is 41.7 Å². The van der Waals surface area contributed by atoms with E-state index < -0.39 is 0 Å². The molecule has 1 saturated heterocycles. The molecule has 1 aromatic heterocycles. The number of carbonyl (C=O) groups is 1. The van der Waals surface area contributed by atoms with Crippen molar-refractivity contribution in [2.24, 2.45) is 0 Å². The number of aromatic nitrogens is 2. The molecule has 8 heteroatoms. The summed E-state index contributed by atoms with van der Waals surface area (Å²) in [7, 11) is 0. The number of urea groups is 1. The molecule has 0 unspecified atom stereocenters. The number of aryl methyl sites for hydroxylation is 1. The van der Waals surface area contributed by atoms with Gasteiger partial charge in [-0.3, -0.25) is 0 Å². The second kappa shape index (κ2) is 9.75. The Morgan fingerprint density at radius 2 is 1.80 bits per heavy atom. The molecule has 1 aliphatic heterocycles. The second-order valence-electron chi connectivity index (χ2n) is 8.39. The third-order valence-electron chi connectivity index (χ3n) is 4.88. The van der Waals surface area contributed by atoms with Gasteiger partial charge in [0.1, 0.15) is 17.5 Å². The fraction of sp³-hybridized carbons (Fsp3) is 0.500. The molecule has 2 heterocycles. The van der Waals surface area contributed by atoms with Crippen molar-refractivity contribution in [2.45, 2.75) is 33.1 Å². The summed E-state index contributed by atoms with van der Waals surface area (Å²) in [6.07, 6.45) is 0. The largest absolute Gasteiger partial charge is 0.378 e. The van der Waals surface area contributed by atoms with Crippen molar-refractivity contribution in [1.29, 1.82) is 0 Å². The molecule has 0 spiro atoms. The smallest absolute Gasteiger partial charge is 0.319 e. The Labute approximate surface area is 178 Å². The normalized spacial score (nSPS) is 14.3. The number of nitrogens with zero attached hydrogens (tertiary/aromatic N) is 3. The van der Waals surface area contributed by atoms with Crippen LogP contribution in [0.1, 0.15) is 32.2 Å². The van der Waals surface area contributed by atoms with Crippen LogP contribution in [0.15, 0.2) is 30.3 Å². The van der Waals surface area contributed by atoms with E-state index in [-0.39, 0.29) is 11.4 Å². The van der Waals surface area contributed by atoms with E-state index in [4.69, 9.17) is 4.74 Å². The summed E-state index contributed by atoms with van der Waals surface area (Å²) in [5.74, 6) is 2.37. The standard InChI is InChI=1S/C22H32N6O2/c1-16-25-19(15-20(26-16)28-11-13-30-14-12-28)23-9-10-24-21(29)27-18-7-5-17(6-8-18)22(2,3)4/h5-8,15H,9-14H2,1-4H3,(H,23,25,26)(H2,24,27,29). The maximum absolute atomic E-state index is 12.1. The third-order valence-corrected chi connectivity index (χ3v) is 4.88. The average Bonchev–Trinajstić information content (AvgIpc) is 2.71. The van der Waals surface area contributed by atoms with Crippen molar-refractivity contribution in [3.63, 3.8) is 0 Å². The molecule has 0 saturated carbocycles. The highest BCUT2D eigenvalue weighted by Crippen LogP contribution is 2.23. The Balaban J connectivity index is 1.44. The average molecular weight is 413 g/mol. The third kappa shape index (κ3) is 6.32. The van der Waals surface area contributed by atoms with Crippen LogP contribution in [-0.4, -0.2) is 55.4 Å². The summed E-state index contributed by atoms with van der Waals surface area (Å²) in [6, 6.07) is 9.65. The summed E-state index contributed by atoms with van der Waals surface area (Å²) in [6.45, 7) is 12.5. The van der Waals surface area contributed by atoms with E-state index in [9.17, 15) is 4.79 Å². The molecule has 162 valence electrons. The molecule has 0 aliphatic carbocycles. The Bertz CT molecular complexity index is 842. The molecule has 3 rings (SSSR count). The molecule has 2 amide bonds. The van der Waals surface area contributed by atoms with Crippen LogP contribution in [0.25, 0.3) is 0 Å². The minimum atomic E-state index is -0.229. The van der Waals surface area contributed by atoms with Gasteiger partial charge in [-0.2, -0.15) is 0 Å². The lowest BCUT2D eigenvalue weighted by Gasteiger charge is -2.28. The first kappa shape index (κ1) is 21.8. The van der Waals surface area contributed by atoms with E-state index in [1.165, 1.54) is 5.56 Å². The summed E-state index contributed by atoms with van der Waals surface area (Å²) in [5.41, 5.74) is 2.09. The zero-order valence-electron chi connectivity index (χ0n) is 18.3. The molecule has 1 fully saturated rings. The molecular weight excluding hydrogens is 380 g/mol. The maximum Gasteiger partial charge on any atom is 0.319 e. The summed E-state index contributed by atoms with van der Waals surface area (Å²) < 4.78 is 5.40. The van der Waals surface area contributed by atoms with Crippen LogP contribution in [0, 0.1) is 6.92 Å². The number of rotatable bonds is 6. The SMILES string of the molecule is Cc1nc(NCCNC(=O)Nc2ccc(C(C)(C)C)cc2)cc(N2CCOCC2)n1. The molecule has 8 nitrogen and oxygen atoms in total. The number of benzene rings is 1. The van der Waals surface area contributed by atoms with Gasteiger partial charge in [-0.05, 0) is 30.0 Å². The molecule has 2 aromatic rings. The first-order valence-electron chi connectivity index (χ1n) is 10.4. The molecule has 0 radical (unpaired) electrons. The minimum Gasteiger partial charge on any atom is -0.378 e. The van der Waals surface area contributed by atoms with Crippen LogP contribution < -0.4 is 20.9 Å². The molecule has 0 bridgehead atoms. The number of ether oxygens (including phenoxy) is 1. The number of carbonyl (C=O) groups excluding carboxylic acids is 1. The highest BCUT2D eigenvalue weighted by atomic mass is 16.5. The predicted molar refractivity (Wildman–Crippen MR) is 120 cm³/mol. The number of amides is 2. The van der Waals surface area contributed by atoms with E-state index in [1.54, 1.807) is 0 Å². The van der Waals surface area contributed by atoms with E-state index >= 15 is 0 Å². The van der Waals surface area contributed by atoms with Gasteiger partial charge in [0.05, 0.1) is 13.2 Å². The lowest BCUT2D eigenvalue weighted by atomic mass is 9.87. The molecule has 30 heavy (non-hydrogen) atoms. The van der Waals surface area contributed by atoms with Gasteiger partial charge in [-0.15, -0.1) is 0 Å². The Kier molecular flexibility index (Phi) is 7.10. The monoisotopic (exact) mass is 412 g/mol. The Morgan fingerprint density at radius 1 is 1.10 bits per heavy atom. The van der Waals surface area contributed by atoms with E-state index in [0.29, 0.717) is 32.1 Å². The molecule has 1 aromatic carbocycles. The van der Waals surface area contributed by atoms with Gasteiger partial charge in [0, 0.05) is 37.9 Å². The first-order chi connectivity index (χ1) is 14.3. The number of nitrogens with one attached hydrogen (secondary N) is 3. The zero-order chi connectivity index (χ0) is 21.6. The first-order valence-corrected chi connectivity index (χ1v) is 10.4. The van der Waals surface area contributed by atoms with Gasteiger partial charge in [0.15, 0.2) is 0 Å². The number of hydrogen-bond donors (Lipinski definition) is 3. The van der Waals surface area contributed by atoms with Crippen LogP contribution in [-0.2, 0) is 10.2 Å². The zero-order valence-corrected chi connectivity index (χ0v) is 18.3. The fourth-order valence-corrected chi connectivity index (χ4v) is 3.19. The Hall–Kier alpha value is -2.87. The van der Waals surface area contributed by atoms with Gasteiger partial charge in [-0.1, -0.05) is 32.9 Å². The van der Waals surface area contributed by atoms with Crippen LogP contribution in [0.4, 0.5) is 22.1 Å². The van der Waals surface area contributed by atoms with Crippen molar-refractivity contribution in [1.82, 2.24) is 15.3 Å². The van der Waals surface area contributed by atoms with Gasteiger partial charge in [-0.25, -0.2) is 14.8 Å². The van der Waals surface area contributed by atoms with Crippen molar-refractivity contribution >= 4 is 23.4 Å². The van der Waals surface area contributed by atoms with Crippen LogP contribution >= 0.6 is 0 Å². The van der Waals surface area contributed by atoms with E-state index in [1.807, 2.05) is 37.3 Å². The minimum absolute atomic E-state index is 0.0907.